The van der Waals surface area contributed by atoms with Crippen molar-refractivity contribution in [2.24, 2.45) is 5.73 Å². The van der Waals surface area contributed by atoms with Crippen molar-refractivity contribution in [2.75, 3.05) is 6.54 Å². The van der Waals surface area contributed by atoms with E-state index in [2.05, 4.69) is 10.0 Å². The Balaban J connectivity index is 0.000000821. The zero-order valence-corrected chi connectivity index (χ0v) is 15.1. The molecule has 27 heavy (non-hydrogen) atoms. The molecule has 0 unspecified atom stereocenters. The number of hydrogen-bond acceptors (Lipinski definition) is 5. The highest BCUT2D eigenvalue weighted by Crippen LogP contribution is 2.11. The molecule has 9 nitrogen and oxygen atoms in total. The summed E-state index contributed by atoms with van der Waals surface area (Å²) in [6, 6.07) is 5.81. The minimum atomic E-state index is -5.19. The number of benzene rings is 1. The van der Waals surface area contributed by atoms with Crippen LogP contribution in [0.15, 0.2) is 29.2 Å². The molecule has 0 spiro atoms. The molecule has 13 heteroatoms. The van der Waals surface area contributed by atoms with Gasteiger partial charge < -0.3 is 15.2 Å². The molecule has 0 aliphatic heterocycles. The number of rotatable bonds is 6. The van der Waals surface area contributed by atoms with Crippen molar-refractivity contribution in [3.8, 4) is 0 Å². The number of carboxylic acids is 1. The number of carboxylic acid groups (broad SMARTS) is 1. The van der Waals surface area contributed by atoms with Crippen LogP contribution in [-0.2, 0) is 19.6 Å². The molecule has 0 radical (unpaired) electrons. The second-order valence-corrected chi connectivity index (χ2v) is 7.08. The second kappa shape index (κ2) is 9.87. The number of nitrogens with one attached hydrogen (secondary N) is 2. The van der Waals surface area contributed by atoms with Gasteiger partial charge in [0, 0.05) is 6.04 Å². The lowest BCUT2D eigenvalue weighted by Crippen LogP contribution is -2.46. The SMILES string of the molecule is CC(C)NC(=O)CNS(=O)(=O)c1cccc(C(N)=[NH2+])c1.O=C([O-])C(F)(F)F. The van der Waals surface area contributed by atoms with Crippen molar-refractivity contribution in [1.29, 1.82) is 0 Å². The Labute approximate surface area is 153 Å². The number of hydrogen-bond donors (Lipinski definition) is 4. The zero-order chi connectivity index (χ0) is 21.4. The average molecular weight is 412 g/mol. The summed E-state index contributed by atoms with van der Waals surface area (Å²) in [6.45, 7) is 3.25. The molecular weight excluding hydrogens is 393 g/mol. The maximum Gasteiger partial charge on any atom is 0.430 e. The molecule has 0 bridgehead atoms. The first-order chi connectivity index (χ1) is 12.2. The summed E-state index contributed by atoms with van der Waals surface area (Å²) in [6.07, 6.45) is -5.19. The predicted octanol–water partition coefficient (Wildman–Crippen LogP) is -2.75. The Kier molecular flexibility index (Phi) is 8.89. The van der Waals surface area contributed by atoms with Crippen LogP contribution in [0.2, 0.25) is 0 Å². The van der Waals surface area contributed by atoms with E-state index in [1.165, 1.54) is 18.2 Å². The van der Waals surface area contributed by atoms with Gasteiger partial charge >= 0.3 is 6.18 Å². The third kappa shape index (κ3) is 9.55. The fraction of sp³-hybridized carbons (Fsp3) is 0.357. The van der Waals surface area contributed by atoms with Gasteiger partial charge in [0.15, 0.2) is 0 Å². The minimum absolute atomic E-state index is 0.000692. The van der Waals surface area contributed by atoms with Gasteiger partial charge in [-0.3, -0.25) is 15.9 Å². The van der Waals surface area contributed by atoms with Gasteiger partial charge in [-0.1, -0.05) is 6.07 Å². The molecule has 1 aromatic rings. The number of sulfonamides is 1. The van der Waals surface area contributed by atoms with Crippen LogP contribution in [0.3, 0.4) is 0 Å². The van der Waals surface area contributed by atoms with E-state index in [9.17, 15) is 26.4 Å². The summed E-state index contributed by atoms with van der Waals surface area (Å²) in [5.74, 6) is -3.38. The molecule has 0 heterocycles. The summed E-state index contributed by atoms with van der Waals surface area (Å²) in [5.41, 5.74) is 5.83. The third-order valence-electron chi connectivity index (χ3n) is 2.58. The summed E-state index contributed by atoms with van der Waals surface area (Å²) in [5, 5.41) is 16.8. The molecule has 1 amide bonds. The van der Waals surface area contributed by atoms with Crippen LogP contribution in [-0.4, -0.2) is 44.9 Å². The van der Waals surface area contributed by atoms with Crippen molar-refractivity contribution in [1.82, 2.24) is 10.0 Å². The summed E-state index contributed by atoms with van der Waals surface area (Å²) in [4.78, 5) is 20.2. The lowest BCUT2D eigenvalue weighted by molar-refractivity contribution is -0.344. The van der Waals surface area contributed by atoms with E-state index in [-0.39, 0.29) is 23.3 Å². The molecule has 0 fully saturated rings. The molecular formula is C14H19F3N4O5S. The molecule has 0 aromatic heterocycles. The number of halogens is 3. The number of aliphatic carboxylic acids is 1. The number of carbonyl (C=O) groups excluding carboxylic acids is 2. The second-order valence-electron chi connectivity index (χ2n) is 5.32. The Morgan fingerprint density at radius 3 is 2.22 bits per heavy atom. The van der Waals surface area contributed by atoms with Crippen LogP contribution in [0.5, 0.6) is 0 Å². The van der Waals surface area contributed by atoms with Gasteiger partial charge in [0.2, 0.25) is 15.9 Å². The summed E-state index contributed by atoms with van der Waals surface area (Å²) < 4.78 is 57.8. The van der Waals surface area contributed by atoms with E-state index >= 15 is 0 Å². The van der Waals surface area contributed by atoms with E-state index in [0.717, 1.165) is 0 Å². The molecule has 0 saturated heterocycles. The van der Waals surface area contributed by atoms with E-state index in [4.69, 9.17) is 21.0 Å². The highest BCUT2D eigenvalue weighted by Gasteiger charge is 2.28. The van der Waals surface area contributed by atoms with Gasteiger partial charge in [-0.2, -0.15) is 13.2 Å². The van der Waals surface area contributed by atoms with Gasteiger partial charge in [-0.05, 0) is 32.0 Å². The van der Waals surface area contributed by atoms with Crippen LogP contribution in [0.1, 0.15) is 19.4 Å². The van der Waals surface area contributed by atoms with Gasteiger partial charge in [0.25, 0.3) is 5.84 Å². The Morgan fingerprint density at radius 2 is 1.81 bits per heavy atom. The first-order valence-corrected chi connectivity index (χ1v) is 8.70. The van der Waals surface area contributed by atoms with Crippen molar-refractivity contribution in [3.05, 3.63) is 29.8 Å². The number of amides is 1. The van der Waals surface area contributed by atoms with E-state index in [1.807, 2.05) is 0 Å². The standard InChI is InChI=1S/C12H18N4O3S.C2HF3O2/c1-8(2)16-11(17)7-15-20(18,19)10-5-3-4-9(6-10)12(13)14;3-2(4,5)1(6)7/h3-6,8,15H,7H2,1-2H3,(H3,13,14)(H,16,17);(H,6,7). The number of nitrogens with two attached hydrogens (primary N) is 2. The van der Waals surface area contributed by atoms with Crippen molar-refractivity contribution < 1.29 is 41.7 Å². The lowest BCUT2D eigenvalue weighted by Gasteiger charge is -2.10. The summed E-state index contributed by atoms with van der Waals surface area (Å²) >= 11 is 0. The molecule has 0 atom stereocenters. The first kappa shape index (κ1) is 24.3. The van der Waals surface area contributed by atoms with Crippen molar-refractivity contribution in [2.45, 2.75) is 31.0 Å². The normalized spacial score (nSPS) is 11.3. The van der Waals surface area contributed by atoms with Crippen LogP contribution in [0.4, 0.5) is 13.2 Å². The van der Waals surface area contributed by atoms with Crippen LogP contribution in [0, 0.1) is 0 Å². The third-order valence-corrected chi connectivity index (χ3v) is 3.98. The highest BCUT2D eigenvalue weighted by molar-refractivity contribution is 7.89. The fourth-order valence-electron chi connectivity index (χ4n) is 1.46. The van der Waals surface area contributed by atoms with Gasteiger partial charge in [0.05, 0.1) is 17.0 Å². The lowest BCUT2D eigenvalue weighted by atomic mass is 10.2. The maximum atomic E-state index is 12.0. The number of carbonyl (C=O) groups is 2. The smallest absolute Gasteiger partial charge is 0.430 e. The molecule has 0 aliphatic rings. The Bertz CT molecular complexity index is 794. The van der Waals surface area contributed by atoms with E-state index < -0.39 is 28.1 Å². The molecule has 1 aromatic carbocycles. The monoisotopic (exact) mass is 412 g/mol. The van der Waals surface area contributed by atoms with Crippen LogP contribution in [0.25, 0.3) is 0 Å². The van der Waals surface area contributed by atoms with Crippen molar-refractivity contribution >= 4 is 27.7 Å². The molecule has 6 N–H and O–H groups in total. The van der Waals surface area contributed by atoms with Crippen LogP contribution < -0.4 is 26.3 Å². The summed E-state index contributed by atoms with van der Waals surface area (Å²) in [7, 11) is -3.78. The molecule has 152 valence electrons. The quantitative estimate of drug-likeness (QED) is 0.292. The molecule has 0 aliphatic carbocycles. The fourth-order valence-corrected chi connectivity index (χ4v) is 2.49. The van der Waals surface area contributed by atoms with E-state index in [1.54, 1.807) is 19.9 Å². The Morgan fingerprint density at radius 1 is 1.30 bits per heavy atom. The van der Waals surface area contributed by atoms with Crippen LogP contribution >= 0.6 is 0 Å². The first-order valence-electron chi connectivity index (χ1n) is 7.22. The Hall–Kier alpha value is -2.67. The van der Waals surface area contributed by atoms with E-state index in [0.29, 0.717) is 5.56 Å². The average Bonchev–Trinajstić information content (AvgIpc) is 2.52. The topological polar surface area (TPSA) is 167 Å². The number of alkyl halides is 3. The van der Waals surface area contributed by atoms with Gasteiger partial charge in [0.1, 0.15) is 5.97 Å². The van der Waals surface area contributed by atoms with Gasteiger partial charge in [-0.25, -0.2) is 13.1 Å². The minimum Gasteiger partial charge on any atom is -0.542 e. The largest absolute Gasteiger partial charge is 0.542 e. The van der Waals surface area contributed by atoms with Gasteiger partial charge in [-0.15, -0.1) is 0 Å². The number of amidine groups is 1. The maximum absolute atomic E-state index is 12.0. The highest BCUT2D eigenvalue weighted by atomic mass is 32.2. The molecule has 0 saturated carbocycles. The molecule has 1 rings (SSSR count). The van der Waals surface area contributed by atoms with Crippen molar-refractivity contribution in [3.63, 3.8) is 0 Å². The predicted molar refractivity (Wildman–Crippen MR) is 86.2 cm³/mol. The zero-order valence-electron chi connectivity index (χ0n) is 14.3.